The van der Waals surface area contributed by atoms with E-state index in [2.05, 4.69) is 32.4 Å². The Labute approximate surface area is 140 Å². The number of thiazole rings is 1. The lowest BCUT2D eigenvalue weighted by atomic mass is 10.0. The maximum atomic E-state index is 4.80. The summed E-state index contributed by atoms with van der Waals surface area (Å²) in [5, 5.41) is 11.4. The third-order valence-electron chi connectivity index (χ3n) is 4.69. The van der Waals surface area contributed by atoms with Gasteiger partial charge in [-0.1, -0.05) is 0 Å². The number of thiophene rings is 1. The number of hydrogen-bond donors (Lipinski definition) is 1. The van der Waals surface area contributed by atoms with Crippen molar-refractivity contribution in [1.29, 1.82) is 0 Å². The van der Waals surface area contributed by atoms with Crippen LogP contribution in [-0.2, 0) is 6.54 Å². The molecule has 3 nitrogen and oxygen atoms in total. The van der Waals surface area contributed by atoms with E-state index in [1.165, 1.54) is 56.6 Å². The van der Waals surface area contributed by atoms with Crippen LogP contribution in [-0.4, -0.2) is 35.6 Å². The molecule has 2 fully saturated rings. The number of aromatic nitrogens is 1. The molecule has 1 saturated heterocycles. The van der Waals surface area contributed by atoms with E-state index in [0.717, 1.165) is 23.5 Å². The highest BCUT2D eigenvalue weighted by Crippen LogP contribution is 2.28. The molecular weight excluding hydrogens is 310 g/mol. The van der Waals surface area contributed by atoms with Crippen LogP contribution in [0.1, 0.15) is 31.4 Å². The normalized spacial score (nSPS) is 20.5. The molecule has 1 saturated carbocycles. The topological polar surface area (TPSA) is 28.2 Å². The number of hydrogen-bond acceptors (Lipinski definition) is 5. The zero-order valence-corrected chi connectivity index (χ0v) is 14.5. The molecule has 1 aliphatic heterocycles. The molecule has 2 aromatic rings. The molecule has 1 N–H and O–H groups in total. The van der Waals surface area contributed by atoms with Crippen molar-refractivity contribution in [2.75, 3.05) is 19.6 Å². The zero-order chi connectivity index (χ0) is 14.8. The molecule has 22 heavy (non-hydrogen) atoms. The predicted molar refractivity (Wildman–Crippen MR) is 94.5 cm³/mol. The fourth-order valence-electron chi connectivity index (χ4n) is 3.08. The van der Waals surface area contributed by atoms with Crippen molar-refractivity contribution in [2.24, 2.45) is 5.92 Å². The monoisotopic (exact) mass is 333 g/mol. The second-order valence-corrected chi connectivity index (χ2v) is 8.20. The molecule has 0 amide bonds. The fraction of sp³-hybridized carbons (Fsp3) is 0.588. The smallest absolute Gasteiger partial charge is 0.124 e. The van der Waals surface area contributed by atoms with Crippen LogP contribution in [0.4, 0.5) is 0 Å². The van der Waals surface area contributed by atoms with E-state index in [1.807, 2.05) is 0 Å². The third kappa shape index (κ3) is 3.77. The third-order valence-corrected chi connectivity index (χ3v) is 6.31. The summed E-state index contributed by atoms with van der Waals surface area (Å²) < 4.78 is 0. The second kappa shape index (κ2) is 6.79. The van der Waals surface area contributed by atoms with Crippen LogP contribution >= 0.6 is 22.7 Å². The van der Waals surface area contributed by atoms with Gasteiger partial charge in [-0.15, -0.1) is 11.3 Å². The first-order valence-corrected chi connectivity index (χ1v) is 10.1. The van der Waals surface area contributed by atoms with Gasteiger partial charge in [-0.3, -0.25) is 4.90 Å². The van der Waals surface area contributed by atoms with Crippen molar-refractivity contribution in [1.82, 2.24) is 15.2 Å². The molecule has 0 unspecified atom stereocenters. The molecule has 3 heterocycles. The number of nitrogens with one attached hydrogen (secondary N) is 1. The van der Waals surface area contributed by atoms with Crippen molar-refractivity contribution in [2.45, 2.75) is 38.3 Å². The minimum absolute atomic E-state index is 0.744. The van der Waals surface area contributed by atoms with Crippen molar-refractivity contribution in [3.63, 3.8) is 0 Å². The van der Waals surface area contributed by atoms with E-state index < -0.39 is 0 Å². The summed E-state index contributed by atoms with van der Waals surface area (Å²) in [4.78, 5) is 7.36. The number of piperidine rings is 1. The maximum Gasteiger partial charge on any atom is 0.124 e. The number of nitrogens with zero attached hydrogens (tertiary/aromatic N) is 2. The highest BCUT2D eigenvalue weighted by atomic mass is 32.1. The Balaban J connectivity index is 1.25. The minimum Gasteiger partial charge on any atom is -0.314 e. The Bertz CT molecular complexity index is 581. The molecule has 0 radical (unpaired) electrons. The standard InChI is InChI=1S/C17H23N3S2/c1-2-13(1)9-18-15-3-6-20(7-4-15)10-16-12-22-17(19-16)14-5-8-21-11-14/h5,8,11-13,15,18H,1-4,6-7,9-10H2. The van der Waals surface area contributed by atoms with Gasteiger partial charge in [0.1, 0.15) is 5.01 Å². The van der Waals surface area contributed by atoms with E-state index in [9.17, 15) is 0 Å². The molecule has 2 aliphatic rings. The summed E-state index contributed by atoms with van der Waals surface area (Å²) in [7, 11) is 0. The Morgan fingerprint density at radius 3 is 2.77 bits per heavy atom. The van der Waals surface area contributed by atoms with Crippen molar-refractivity contribution < 1.29 is 0 Å². The lowest BCUT2D eigenvalue weighted by molar-refractivity contribution is 0.188. The van der Waals surface area contributed by atoms with Crippen LogP contribution in [0.25, 0.3) is 10.6 Å². The summed E-state index contributed by atoms with van der Waals surface area (Å²) in [5.74, 6) is 0.989. The predicted octanol–water partition coefficient (Wildman–Crippen LogP) is 3.84. The van der Waals surface area contributed by atoms with Crippen LogP contribution < -0.4 is 5.32 Å². The molecule has 118 valence electrons. The average molecular weight is 334 g/mol. The van der Waals surface area contributed by atoms with Crippen LogP contribution in [0.5, 0.6) is 0 Å². The average Bonchev–Trinajstić information content (AvgIpc) is 3.01. The van der Waals surface area contributed by atoms with Gasteiger partial charge in [-0.25, -0.2) is 4.98 Å². The van der Waals surface area contributed by atoms with Crippen LogP contribution in [0.2, 0.25) is 0 Å². The van der Waals surface area contributed by atoms with Gasteiger partial charge >= 0.3 is 0 Å². The quantitative estimate of drug-likeness (QED) is 0.871. The van der Waals surface area contributed by atoms with Gasteiger partial charge in [0.05, 0.1) is 5.69 Å². The first-order chi connectivity index (χ1) is 10.9. The SMILES string of the molecule is c1cc(-c2nc(CN3CCC(NCC4CC4)CC3)cs2)cs1. The molecule has 0 spiro atoms. The first-order valence-electron chi connectivity index (χ1n) is 8.29. The van der Waals surface area contributed by atoms with Crippen LogP contribution in [0.15, 0.2) is 22.2 Å². The summed E-state index contributed by atoms with van der Waals surface area (Å²) >= 11 is 3.51. The Hall–Kier alpha value is -0.750. The lowest BCUT2D eigenvalue weighted by Gasteiger charge is -2.32. The van der Waals surface area contributed by atoms with Gasteiger partial charge in [-0.2, -0.15) is 11.3 Å². The molecule has 1 aliphatic carbocycles. The maximum absolute atomic E-state index is 4.80. The van der Waals surface area contributed by atoms with Crippen molar-refractivity contribution in [3.8, 4) is 10.6 Å². The Kier molecular flexibility index (Phi) is 4.57. The van der Waals surface area contributed by atoms with E-state index in [4.69, 9.17) is 4.98 Å². The van der Waals surface area contributed by atoms with Crippen molar-refractivity contribution in [3.05, 3.63) is 27.9 Å². The van der Waals surface area contributed by atoms with E-state index in [1.54, 1.807) is 22.7 Å². The molecule has 2 aromatic heterocycles. The number of rotatable bonds is 6. The molecular formula is C17H23N3S2. The van der Waals surface area contributed by atoms with Gasteiger partial charge in [0.2, 0.25) is 0 Å². The Morgan fingerprint density at radius 1 is 1.18 bits per heavy atom. The van der Waals surface area contributed by atoms with E-state index >= 15 is 0 Å². The molecule has 5 heteroatoms. The van der Waals surface area contributed by atoms with Crippen LogP contribution in [0.3, 0.4) is 0 Å². The summed E-state index contributed by atoms with van der Waals surface area (Å²) in [6.45, 7) is 4.66. The van der Waals surface area contributed by atoms with Gasteiger partial charge < -0.3 is 5.32 Å². The first kappa shape index (κ1) is 14.8. The molecule has 0 aromatic carbocycles. The summed E-state index contributed by atoms with van der Waals surface area (Å²) in [5.41, 5.74) is 2.50. The Morgan fingerprint density at radius 2 is 2.05 bits per heavy atom. The molecule has 0 atom stereocenters. The molecule has 4 rings (SSSR count). The molecule has 0 bridgehead atoms. The zero-order valence-electron chi connectivity index (χ0n) is 12.8. The number of likely N-dealkylation sites (tertiary alicyclic amines) is 1. The van der Waals surface area contributed by atoms with E-state index in [-0.39, 0.29) is 0 Å². The summed E-state index contributed by atoms with van der Waals surface area (Å²) in [6.07, 6.45) is 5.47. The largest absolute Gasteiger partial charge is 0.314 e. The lowest BCUT2D eigenvalue weighted by Crippen LogP contribution is -2.42. The van der Waals surface area contributed by atoms with E-state index in [0.29, 0.717) is 0 Å². The highest BCUT2D eigenvalue weighted by Gasteiger charge is 2.24. The van der Waals surface area contributed by atoms with Gasteiger partial charge in [0.25, 0.3) is 0 Å². The van der Waals surface area contributed by atoms with Crippen molar-refractivity contribution >= 4 is 22.7 Å². The fourth-order valence-corrected chi connectivity index (χ4v) is 4.60. The second-order valence-electron chi connectivity index (χ2n) is 6.56. The highest BCUT2D eigenvalue weighted by molar-refractivity contribution is 7.14. The summed E-state index contributed by atoms with van der Waals surface area (Å²) in [6, 6.07) is 2.90. The van der Waals surface area contributed by atoms with Gasteiger partial charge in [0, 0.05) is 42.0 Å². The van der Waals surface area contributed by atoms with Crippen LogP contribution in [0, 0.1) is 5.92 Å². The van der Waals surface area contributed by atoms with Gasteiger partial charge in [-0.05, 0) is 49.6 Å². The van der Waals surface area contributed by atoms with Gasteiger partial charge in [0.15, 0.2) is 0 Å². The minimum atomic E-state index is 0.744.